The highest BCUT2D eigenvalue weighted by Gasteiger charge is 2.16. The molecule has 0 spiro atoms. The third-order valence-corrected chi connectivity index (χ3v) is 2.41. The topological polar surface area (TPSA) is 64.3 Å². The van der Waals surface area contributed by atoms with Crippen LogP contribution in [0, 0.1) is 0 Å². The molecule has 0 saturated carbocycles. The molecule has 0 aliphatic carbocycles. The Kier molecular flexibility index (Phi) is 5.39. The average molecular weight is 283 g/mol. The zero-order valence-electron chi connectivity index (χ0n) is 11.4. The molecule has 1 aromatic rings. The second kappa shape index (κ2) is 6.59. The van der Waals surface area contributed by atoms with E-state index in [2.05, 4.69) is 5.32 Å². The van der Waals surface area contributed by atoms with Crippen LogP contribution >= 0.6 is 11.6 Å². The Morgan fingerprint density at radius 2 is 2.16 bits per heavy atom. The second-order valence-electron chi connectivity index (χ2n) is 5.00. The molecule has 5 heteroatoms. The molecule has 0 bridgehead atoms. The summed E-state index contributed by atoms with van der Waals surface area (Å²) in [5, 5.41) is 3.17. The molecular formula is C14H19ClN2O2. The Hall–Kier alpha value is -1.52. The number of carbonyl (C=O) groups excluding carboxylic acids is 1. The predicted octanol–water partition coefficient (Wildman–Crippen LogP) is 3.66. The smallest absolute Gasteiger partial charge is 0.412 e. The molecule has 0 unspecified atom stereocenters. The van der Waals surface area contributed by atoms with E-state index in [9.17, 15) is 4.79 Å². The summed E-state index contributed by atoms with van der Waals surface area (Å²) in [6.45, 7) is 5.87. The second-order valence-corrected chi connectivity index (χ2v) is 5.41. The van der Waals surface area contributed by atoms with Crippen LogP contribution in [-0.2, 0) is 4.74 Å². The van der Waals surface area contributed by atoms with Crippen molar-refractivity contribution < 1.29 is 9.53 Å². The van der Waals surface area contributed by atoms with Crippen molar-refractivity contribution in [2.75, 3.05) is 11.9 Å². The fourth-order valence-corrected chi connectivity index (χ4v) is 1.60. The molecule has 0 saturated heterocycles. The highest BCUT2D eigenvalue weighted by molar-refractivity contribution is 6.32. The van der Waals surface area contributed by atoms with Crippen molar-refractivity contribution in [3.8, 4) is 0 Å². The summed E-state index contributed by atoms with van der Waals surface area (Å²) >= 11 is 6.10. The first kappa shape index (κ1) is 15.5. The lowest BCUT2D eigenvalue weighted by Crippen LogP contribution is -2.27. The Morgan fingerprint density at radius 3 is 2.68 bits per heavy atom. The standard InChI is InChI=1S/C14H19ClN2O2/c1-14(2,3)19-13(18)17-11-7-6-10(5-4-8-16)12(15)9-11/h4-7,9H,8,16H2,1-3H3,(H,17,18)/b5-4+. The normalized spacial score (nSPS) is 11.6. The maximum absolute atomic E-state index is 11.6. The summed E-state index contributed by atoms with van der Waals surface area (Å²) in [5.41, 5.74) is 6.28. The lowest BCUT2D eigenvalue weighted by atomic mass is 10.2. The van der Waals surface area contributed by atoms with E-state index < -0.39 is 11.7 Å². The molecule has 3 N–H and O–H groups in total. The summed E-state index contributed by atoms with van der Waals surface area (Å²) in [6, 6.07) is 5.23. The van der Waals surface area contributed by atoms with Gasteiger partial charge in [0.05, 0.1) is 0 Å². The van der Waals surface area contributed by atoms with Gasteiger partial charge in [0, 0.05) is 17.3 Å². The van der Waals surface area contributed by atoms with Crippen LogP contribution in [0.2, 0.25) is 5.02 Å². The first-order chi connectivity index (χ1) is 8.81. The first-order valence-electron chi connectivity index (χ1n) is 5.98. The van der Waals surface area contributed by atoms with Crippen molar-refractivity contribution in [1.82, 2.24) is 0 Å². The third kappa shape index (κ3) is 5.77. The van der Waals surface area contributed by atoms with Crippen molar-refractivity contribution in [2.24, 2.45) is 5.73 Å². The highest BCUT2D eigenvalue weighted by Crippen LogP contribution is 2.22. The number of nitrogens with one attached hydrogen (secondary N) is 1. The van der Waals surface area contributed by atoms with Crippen molar-refractivity contribution in [1.29, 1.82) is 0 Å². The maximum Gasteiger partial charge on any atom is 0.412 e. The molecule has 1 amide bonds. The zero-order chi connectivity index (χ0) is 14.5. The van der Waals surface area contributed by atoms with E-state index in [4.69, 9.17) is 22.1 Å². The molecular weight excluding hydrogens is 264 g/mol. The van der Waals surface area contributed by atoms with Gasteiger partial charge in [-0.1, -0.05) is 29.8 Å². The average Bonchev–Trinajstić information content (AvgIpc) is 2.25. The number of hydrogen-bond donors (Lipinski definition) is 2. The van der Waals surface area contributed by atoms with Gasteiger partial charge in [-0.3, -0.25) is 5.32 Å². The van der Waals surface area contributed by atoms with Gasteiger partial charge in [0.15, 0.2) is 0 Å². The van der Waals surface area contributed by atoms with E-state index in [1.165, 1.54) is 0 Å². The SMILES string of the molecule is CC(C)(C)OC(=O)Nc1ccc(/C=C/CN)c(Cl)c1. The van der Waals surface area contributed by atoms with Crippen LogP contribution in [0.1, 0.15) is 26.3 Å². The minimum atomic E-state index is -0.530. The summed E-state index contributed by atoms with van der Waals surface area (Å²) < 4.78 is 5.15. The van der Waals surface area contributed by atoms with Gasteiger partial charge >= 0.3 is 6.09 Å². The van der Waals surface area contributed by atoms with Gasteiger partial charge in [0.2, 0.25) is 0 Å². The molecule has 0 heterocycles. The number of hydrogen-bond acceptors (Lipinski definition) is 3. The molecule has 0 aromatic heterocycles. The minimum Gasteiger partial charge on any atom is -0.444 e. The molecule has 104 valence electrons. The van der Waals surface area contributed by atoms with Crippen LogP contribution in [0.5, 0.6) is 0 Å². The summed E-state index contributed by atoms with van der Waals surface area (Å²) in [6.07, 6.45) is 3.13. The maximum atomic E-state index is 11.6. The van der Waals surface area contributed by atoms with E-state index >= 15 is 0 Å². The Bertz CT molecular complexity index is 479. The van der Waals surface area contributed by atoms with Crippen LogP contribution in [0.15, 0.2) is 24.3 Å². The molecule has 0 radical (unpaired) electrons. The number of anilines is 1. The molecule has 0 aliphatic rings. The van der Waals surface area contributed by atoms with E-state index in [1.807, 2.05) is 12.2 Å². The van der Waals surface area contributed by atoms with Gasteiger partial charge in [0.1, 0.15) is 5.60 Å². The Morgan fingerprint density at radius 1 is 1.47 bits per heavy atom. The van der Waals surface area contributed by atoms with Gasteiger partial charge < -0.3 is 10.5 Å². The largest absolute Gasteiger partial charge is 0.444 e. The molecule has 1 rings (SSSR count). The van der Waals surface area contributed by atoms with Gasteiger partial charge in [-0.15, -0.1) is 0 Å². The molecule has 4 nitrogen and oxygen atoms in total. The molecule has 19 heavy (non-hydrogen) atoms. The molecule has 1 aromatic carbocycles. The van der Waals surface area contributed by atoms with Crippen LogP contribution in [0.3, 0.4) is 0 Å². The third-order valence-electron chi connectivity index (χ3n) is 2.08. The van der Waals surface area contributed by atoms with Crippen LogP contribution in [0.4, 0.5) is 10.5 Å². The molecule has 0 atom stereocenters. The van der Waals surface area contributed by atoms with Crippen molar-refractivity contribution in [3.05, 3.63) is 34.9 Å². The van der Waals surface area contributed by atoms with Crippen molar-refractivity contribution >= 4 is 29.5 Å². The van der Waals surface area contributed by atoms with E-state index in [0.717, 1.165) is 5.56 Å². The van der Waals surface area contributed by atoms with E-state index in [1.54, 1.807) is 39.0 Å². The van der Waals surface area contributed by atoms with Gasteiger partial charge in [0.25, 0.3) is 0 Å². The zero-order valence-corrected chi connectivity index (χ0v) is 12.1. The van der Waals surface area contributed by atoms with Crippen LogP contribution in [0.25, 0.3) is 6.08 Å². The monoisotopic (exact) mass is 282 g/mol. The number of carbonyl (C=O) groups is 1. The Labute approximate surface area is 118 Å². The van der Waals surface area contributed by atoms with Gasteiger partial charge in [-0.2, -0.15) is 0 Å². The summed E-state index contributed by atoms with van der Waals surface area (Å²) in [5.74, 6) is 0. The number of rotatable bonds is 3. The van der Waals surface area contributed by atoms with Crippen LogP contribution < -0.4 is 11.1 Å². The predicted molar refractivity (Wildman–Crippen MR) is 79.4 cm³/mol. The fraction of sp³-hybridized carbons (Fsp3) is 0.357. The quantitative estimate of drug-likeness (QED) is 0.889. The van der Waals surface area contributed by atoms with Gasteiger partial charge in [-0.25, -0.2) is 4.79 Å². The summed E-state index contributed by atoms with van der Waals surface area (Å²) in [4.78, 5) is 11.6. The van der Waals surface area contributed by atoms with Crippen LogP contribution in [-0.4, -0.2) is 18.2 Å². The number of halogens is 1. The fourth-order valence-electron chi connectivity index (χ4n) is 1.36. The van der Waals surface area contributed by atoms with E-state index in [0.29, 0.717) is 17.3 Å². The number of ether oxygens (including phenoxy) is 1. The number of benzene rings is 1. The lowest BCUT2D eigenvalue weighted by Gasteiger charge is -2.19. The van der Waals surface area contributed by atoms with Crippen molar-refractivity contribution in [2.45, 2.75) is 26.4 Å². The lowest BCUT2D eigenvalue weighted by molar-refractivity contribution is 0.0636. The minimum absolute atomic E-state index is 0.453. The molecule has 0 aliphatic heterocycles. The number of amides is 1. The first-order valence-corrected chi connectivity index (χ1v) is 6.36. The molecule has 0 fully saturated rings. The highest BCUT2D eigenvalue weighted by atomic mass is 35.5. The Balaban J connectivity index is 2.73. The number of nitrogens with two attached hydrogens (primary N) is 1. The van der Waals surface area contributed by atoms with E-state index in [-0.39, 0.29) is 0 Å². The van der Waals surface area contributed by atoms with Gasteiger partial charge in [-0.05, 0) is 38.5 Å². The van der Waals surface area contributed by atoms with Crippen molar-refractivity contribution in [3.63, 3.8) is 0 Å². The summed E-state index contributed by atoms with van der Waals surface area (Å²) in [7, 11) is 0.